The molecule has 11 nitrogen and oxygen atoms in total. The van der Waals surface area contributed by atoms with Crippen LogP contribution in [-0.4, -0.2) is 56.2 Å². The molecule has 0 amide bonds. The van der Waals surface area contributed by atoms with Gasteiger partial charge in [0.1, 0.15) is 11.6 Å². The van der Waals surface area contributed by atoms with E-state index in [1.807, 2.05) is 27.7 Å². The van der Waals surface area contributed by atoms with E-state index in [1.54, 1.807) is 13.0 Å². The molecule has 0 aliphatic rings. The molecule has 214 valence electrons. The van der Waals surface area contributed by atoms with Crippen LogP contribution in [0.3, 0.4) is 0 Å². The Hall–Kier alpha value is -3.34. The zero-order valence-electron chi connectivity index (χ0n) is 23.2. The lowest BCUT2D eigenvalue weighted by molar-refractivity contribution is -0.155. The van der Waals surface area contributed by atoms with E-state index in [-0.39, 0.29) is 55.9 Å². The SMILES string of the molecule is CCCOC(=O)Oc1ccc(CC(N)(C[C@H](C)OC(=O)CC(C)CC)C(=O)OC)cc1OC(=O)OCCC. The first kappa shape index (κ1) is 32.7. The Morgan fingerprint density at radius 1 is 0.921 bits per heavy atom. The number of hydrogen-bond acceptors (Lipinski definition) is 11. The third kappa shape index (κ3) is 11.4. The van der Waals surface area contributed by atoms with Crippen molar-refractivity contribution >= 4 is 24.2 Å². The van der Waals surface area contributed by atoms with Gasteiger partial charge in [0.2, 0.25) is 0 Å². The zero-order valence-corrected chi connectivity index (χ0v) is 23.2. The maximum absolute atomic E-state index is 12.7. The van der Waals surface area contributed by atoms with Gasteiger partial charge in [-0.3, -0.25) is 9.59 Å². The molecule has 1 rings (SSSR count). The first-order chi connectivity index (χ1) is 18.0. The van der Waals surface area contributed by atoms with E-state index < -0.39 is 29.9 Å². The third-order valence-electron chi connectivity index (χ3n) is 5.55. The van der Waals surface area contributed by atoms with E-state index in [2.05, 4.69) is 0 Å². The molecule has 1 aromatic rings. The van der Waals surface area contributed by atoms with Gasteiger partial charge in [-0.05, 0) is 43.4 Å². The molecule has 2 N–H and O–H groups in total. The van der Waals surface area contributed by atoms with Crippen LogP contribution in [0.5, 0.6) is 11.5 Å². The molecule has 0 radical (unpaired) electrons. The maximum Gasteiger partial charge on any atom is 0.513 e. The van der Waals surface area contributed by atoms with E-state index in [9.17, 15) is 19.2 Å². The van der Waals surface area contributed by atoms with E-state index in [0.717, 1.165) is 6.42 Å². The van der Waals surface area contributed by atoms with Crippen molar-refractivity contribution in [3.05, 3.63) is 23.8 Å². The summed E-state index contributed by atoms with van der Waals surface area (Å²) in [5, 5.41) is 0. The zero-order chi connectivity index (χ0) is 28.7. The van der Waals surface area contributed by atoms with Crippen molar-refractivity contribution in [1.82, 2.24) is 0 Å². The molecule has 0 aliphatic carbocycles. The van der Waals surface area contributed by atoms with Gasteiger partial charge in [0.15, 0.2) is 11.5 Å². The second kappa shape index (κ2) is 16.5. The minimum atomic E-state index is -1.58. The topological polar surface area (TPSA) is 150 Å². The molecule has 0 saturated carbocycles. The molecule has 0 bridgehead atoms. The van der Waals surface area contributed by atoms with Crippen molar-refractivity contribution in [1.29, 1.82) is 0 Å². The number of nitrogens with two attached hydrogens (primary N) is 1. The Bertz CT molecular complexity index is 934. The first-order valence-electron chi connectivity index (χ1n) is 12.9. The highest BCUT2D eigenvalue weighted by atomic mass is 16.7. The van der Waals surface area contributed by atoms with Crippen molar-refractivity contribution in [2.24, 2.45) is 11.7 Å². The van der Waals surface area contributed by atoms with Crippen LogP contribution < -0.4 is 15.2 Å². The Labute approximate surface area is 224 Å². The van der Waals surface area contributed by atoms with Crippen LogP contribution in [0.25, 0.3) is 0 Å². The monoisotopic (exact) mass is 539 g/mol. The van der Waals surface area contributed by atoms with Crippen LogP contribution in [0, 0.1) is 5.92 Å². The van der Waals surface area contributed by atoms with Crippen molar-refractivity contribution in [2.45, 2.75) is 84.8 Å². The van der Waals surface area contributed by atoms with Gasteiger partial charge in [-0.15, -0.1) is 0 Å². The number of carbonyl (C=O) groups excluding carboxylic acids is 4. The summed E-state index contributed by atoms with van der Waals surface area (Å²) in [5.41, 5.74) is 5.36. The number of hydrogen-bond donors (Lipinski definition) is 1. The molecule has 0 saturated heterocycles. The first-order valence-corrected chi connectivity index (χ1v) is 12.9. The number of ether oxygens (including phenoxy) is 6. The molecule has 0 heterocycles. The van der Waals surface area contributed by atoms with Crippen LogP contribution in [0.2, 0.25) is 0 Å². The lowest BCUT2D eigenvalue weighted by atomic mass is 9.86. The number of carbonyl (C=O) groups is 4. The summed E-state index contributed by atoms with van der Waals surface area (Å²) >= 11 is 0. The van der Waals surface area contributed by atoms with E-state index >= 15 is 0 Å². The lowest BCUT2D eigenvalue weighted by Gasteiger charge is -2.29. The highest BCUT2D eigenvalue weighted by Crippen LogP contribution is 2.31. The molecule has 0 aromatic heterocycles. The molecular weight excluding hydrogens is 498 g/mol. The fourth-order valence-electron chi connectivity index (χ4n) is 3.49. The molecule has 38 heavy (non-hydrogen) atoms. The van der Waals surface area contributed by atoms with Crippen LogP contribution in [-0.2, 0) is 35.0 Å². The molecule has 0 fully saturated rings. The quantitative estimate of drug-likeness (QED) is 0.187. The predicted octanol–water partition coefficient (Wildman–Crippen LogP) is 4.71. The maximum atomic E-state index is 12.7. The molecule has 2 unspecified atom stereocenters. The highest BCUT2D eigenvalue weighted by molar-refractivity contribution is 5.81. The summed E-state index contributed by atoms with van der Waals surface area (Å²) in [6, 6.07) is 4.34. The van der Waals surface area contributed by atoms with Crippen molar-refractivity contribution in [3.63, 3.8) is 0 Å². The summed E-state index contributed by atoms with van der Waals surface area (Å²) in [6.45, 7) is 9.51. The average Bonchev–Trinajstić information content (AvgIpc) is 2.86. The largest absolute Gasteiger partial charge is 0.513 e. The van der Waals surface area contributed by atoms with Crippen LogP contribution in [0.1, 0.15) is 72.3 Å². The summed E-state index contributed by atoms with van der Waals surface area (Å²) in [6.07, 6.45) is -0.462. The highest BCUT2D eigenvalue weighted by Gasteiger charge is 2.38. The fourth-order valence-corrected chi connectivity index (χ4v) is 3.49. The normalized spacial score (nSPS) is 13.9. The minimum Gasteiger partial charge on any atom is -0.468 e. The second-order valence-corrected chi connectivity index (χ2v) is 9.23. The molecular formula is C27H41NO10. The summed E-state index contributed by atoms with van der Waals surface area (Å²) in [7, 11) is 1.21. The van der Waals surface area contributed by atoms with E-state index in [1.165, 1.54) is 19.2 Å². The van der Waals surface area contributed by atoms with Crippen molar-refractivity contribution < 1.29 is 47.6 Å². The van der Waals surface area contributed by atoms with Gasteiger partial charge in [0.25, 0.3) is 0 Å². The van der Waals surface area contributed by atoms with Gasteiger partial charge in [0.05, 0.1) is 20.3 Å². The van der Waals surface area contributed by atoms with Gasteiger partial charge in [-0.2, -0.15) is 0 Å². The Kier molecular flexibility index (Phi) is 14.2. The second-order valence-electron chi connectivity index (χ2n) is 9.23. The number of methoxy groups -OCH3 is 1. The van der Waals surface area contributed by atoms with Crippen LogP contribution in [0.15, 0.2) is 18.2 Å². The van der Waals surface area contributed by atoms with Crippen LogP contribution in [0.4, 0.5) is 9.59 Å². The number of esters is 2. The predicted molar refractivity (Wildman–Crippen MR) is 138 cm³/mol. The summed E-state index contributed by atoms with van der Waals surface area (Å²) in [5.74, 6) is -1.14. The van der Waals surface area contributed by atoms with Crippen molar-refractivity contribution in [3.8, 4) is 11.5 Å². The Morgan fingerprint density at radius 3 is 2.03 bits per heavy atom. The molecule has 0 aliphatic heterocycles. The molecule has 3 atom stereocenters. The van der Waals surface area contributed by atoms with Gasteiger partial charge in [-0.1, -0.05) is 40.2 Å². The fraction of sp³-hybridized carbons (Fsp3) is 0.630. The van der Waals surface area contributed by atoms with Gasteiger partial charge < -0.3 is 34.2 Å². The molecule has 0 spiro atoms. The Morgan fingerprint density at radius 2 is 1.50 bits per heavy atom. The van der Waals surface area contributed by atoms with E-state index in [0.29, 0.717) is 18.4 Å². The summed E-state index contributed by atoms with van der Waals surface area (Å²) in [4.78, 5) is 49.0. The van der Waals surface area contributed by atoms with Gasteiger partial charge in [0, 0.05) is 19.3 Å². The third-order valence-corrected chi connectivity index (χ3v) is 5.55. The molecule has 1 aromatic carbocycles. The van der Waals surface area contributed by atoms with Gasteiger partial charge >= 0.3 is 24.2 Å². The smallest absolute Gasteiger partial charge is 0.468 e. The Balaban J connectivity index is 3.17. The number of benzene rings is 1. The standard InChI is InChI=1S/C27H41NO10/c1-7-12-34-25(31)37-21-11-10-20(15-22(21)38-26(32)35-13-8-2)17-27(28,24(30)33-6)16-19(5)36-23(29)14-18(4)9-3/h10-11,15,18-19H,7-9,12-14,16-17,28H2,1-6H3/t18?,19-,27?/m0/s1. The molecule has 11 heteroatoms. The van der Waals surface area contributed by atoms with E-state index in [4.69, 9.17) is 34.2 Å². The lowest BCUT2D eigenvalue weighted by Crippen LogP contribution is -2.53. The van der Waals surface area contributed by atoms with Crippen molar-refractivity contribution in [2.75, 3.05) is 20.3 Å². The number of rotatable bonds is 15. The van der Waals surface area contributed by atoms with Gasteiger partial charge in [-0.25, -0.2) is 9.59 Å². The average molecular weight is 540 g/mol. The van der Waals surface area contributed by atoms with Crippen LogP contribution >= 0.6 is 0 Å². The summed E-state index contributed by atoms with van der Waals surface area (Å²) < 4.78 is 30.7. The minimum absolute atomic E-state index is 0.0255.